The van der Waals surface area contributed by atoms with E-state index in [4.69, 9.17) is 10.2 Å². The number of halogens is 1. The summed E-state index contributed by atoms with van der Waals surface area (Å²) in [4.78, 5) is 0. The van der Waals surface area contributed by atoms with Crippen molar-refractivity contribution < 1.29 is 4.42 Å². The fourth-order valence-electron chi connectivity index (χ4n) is 2.49. The molecule has 0 saturated heterocycles. The van der Waals surface area contributed by atoms with Gasteiger partial charge in [0.15, 0.2) is 0 Å². The minimum Gasteiger partial charge on any atom is -0.464 e. The van der Waals surface area contributed by atoms with E-state index in [0.29, 0.717) is 5.92 Å². The van der Waals surface area contributed by atoms with Gasteiger partial charge in [-0.3, -0.25) is 0 Å². The average molecular weight is 244 g/mol. The Hall–Kier alpha value is -0.470. The molecule has 1 aliphatic rings. The maximum atomic E-state index is 6.24. The molecule has 1 heterocycles. The summed E-state index contributed by atoms with van der Waals surface area (Å²) in [6.07, 6.45) is 7.53. The second-order valence-corrected chi connectivity index (χ2v) is 4.58. The molecule has 16 heavy (non-hydrogen) atoms. The van der Waals surface area contributed by atoms with E-state index in [1.54, 1.807) is 0 Å². The SMILES string of the molecule is CCc1ccc([C@H](N)C2CCCCC2)o1.Cl. The molecule has 3 heteroatoms. The van der Waals surface area contributed by atoms with Gasteiger partial charge in [-0.05, 0) is 30.9 Å². The van der Waals surface area contributed by atoms with Crippen LogP contribution in [0.25, 0.3) is 0 Å². The molecular formula is C13H22ClNO. The predicted octanol–water partition coefficient (Wildman–Crippen LogP) is 3.84. The van der Waals surface area contributed by atoms with Gasteiger partial charge in [-0.25, -0.2) is 0 Å². The van der Waals surface area contributed by atoms with Crippen LogP contribution in [0.15, 0.2) is 16.5 Å². The van der Waals surface area contributed by atoms with Crippen LogP contribution in [-0.2, 0) is 6.42 Å². The van der Waals surface area contributed by atoms with E-state index < -0.39 is 0 Å². The van der Waals surface area contributed by atoms with E-state index >= 15 is 0 Å². The zero-order chi connectivity index (χ0) is 10.7. The lowest BCUT2D eigenvalue weighted by Crippen LogP contribution is -2.23. The normalized spacial score (nSPS) is 19.1. The first kappa shape index (κ1) is 13.6. The smallest absolute Gasteiger partial charge is 0.121 e. The van der Waals surface area contributed by atoms with Crippen molar-refractivity contribution in [3.05, 3.63) is 23.7 Å². The predicted molar refractivity (Wildman–Crippen MR) is 68.8 cm³/mol. The summed E-state index contributed by atoms with van der Waals surface area (Å²) in [5, 5.41) is 0. The molecule has 2 nitrogen and oxygen atoms in total. The molecule has 0 aromatic carbocycles. The second kappa shape index (κ2) is 6.31. The average Bonchev–Trinajstić information content (AvgIpc) is 2.78. The quantitative estimate of drug-likeness (QED) is 0.876. The summed E-state index contributed by atoms with van der Waals surface area (Å²) >= 11 is 0. The summed E-state index contributed by atoms with van der Waals surface area (Å²) in [6.45, 7) is 2.11. The molecule has 0 bridgehead atoms. The van der Waals surface area contributed by atoms with E-state index in [-0.39, 0.29) is 18.4 Å². The second-order valence-electron chi connectivity index (χ2n) is 4.58. The van der Waals surface area contributed by atoms with Crippen molar-refractivity contribution in [1.29, 1.82) is 0 Å². The topological polar surface area (TPSA) is 39.2 Å². The van der Waals surface area contributed by atoms with Gasteiger partial charge in [0.25, 0.3) is 0 Å². The Labute approximate surface area is 104 Å². The summed E-state index contributed by atoms with van der Waals surface area (Å²) in [5.74, 6) is 2.67. The number of hydrogen-bond acceptors (Lipinski definition) is 2. The highest BCUT2D eigenvalue weighted by Crippen LogP contribution is 2.33. The van der Waals surface area contributed by atoms with Gasteiger partial charge in [-0.15, -0.1) is 12.4 Å². The molecule has 1 atom stereocenters. The molecule has 1 aromatic rings. The van der Waals surface area contributed by atoms with Crippen molar-refractivity contribution in [2.75, 3.05) is 0 Å². The Morgan fingerprint density at radius 2 is 2.00 bits per heavy atom. The summed E-state index contributed by atoms with van der Waals surface area (Å²) in [7, 11) is 0. The molecule has 0 amide bonds. The molecule has 1 aliphatic carbocycles. The Morgan fingerprint density at radius 1 is 1.31 bits per heavy atom. The third kappa shape index (κ3) is 3.02. The minimum absolute atomic E-state index is 0. The molecule has 1 saturated carbocycles. The van der Waals surface area contributed by atoms with Crippen LogP contribution in [0.4, 0.5) is 0 Å². The standard InChI is InChI=1S/C13H21NO.ClH/c1-2-11-8-9-12(15-11)13(14)10-6-4-3-5-7-10;/h8-10,13H,2-7,14H2,1H3;1H/t13-;/m1./s1. The van der Waals surface area contributed by atoms with E-state index in [1.165, 1.54) is 32.1 Å². The number of nitrogens with two attached hydrogens (primary N) is 1. The van der Waals surface area contributed by atoms with Gasteiger partial charge in [0.2, 0.25) is 0 Å². The molecule has 0 aliphatic heterocycles. The molecular weight excluding hydrogens is 222 g/mol. The fourth-order valence-corrected chi connectivity index (χ4v) is 2.49. The van der Waals surface area contributed by atoms with Gasteiger partial charge < -0.3 is 10.2 Å². The van der Waals surface area contributed by atoms with Gasteiger partial charge in [0.1, 0.15) is 11.5 Å². The van der Waals surface area contributed by atoms with Crippen molar-refractivity contribution in [3.63, 3.8) is 0 Å². The third-order valence-electron chi connectivity index (χ3n) is 3.52. The lowest BCUT2D eigenvalue weighted by atomic mass is 9.83. The van der Waals surface area contributed by atoms with Gasteiger partial charge in [-0.2, -0.15) is 0 Å². The van der Waals surface area contributed by atoms with Crippen LogP contribution < -0.4 is 5.73 Å². The van der Waals surface area contributed by atoms with Crippen LogP contribution >= 0.6 is 12.4 Å². The fraction of sp³-hybridized carbons (Fsp3) is 0.692. The van der Waals surface area contributed by atoms with Gasteiger partial charge in [0.05, 0.1) is 6.04 Å². The zero-order valence-corrected chi connectivity index (χ0v) is 10.8. The summed E-state index contributed by atoms with van der Waals surface area (Å²) < 4.78 is 5.72. The van der Waals surface area contributed by atoms with Crippen molar-refractivity contribution in [3.8, 4) is 0 Å². The maximum Gasteiger partial charge on any atom is 0.121 e. The Balaban J connectivity index is 0.00000128. The van der Waals surface area contributed by atoms with E-state index in [0.717, 1.165) is 17.9 Å². The van der Waals surface area contributed by atoms with E-state index in [2.05, 4.69) is 19.1 Å². The van der Waals surface area contributed by atoms with Gasteiger partial charge >= 0.3 is 0 Å². The van der Waals surface area contributed by atoms with Crippen LogP contribution in [0.1, 0.15) is 56.6 Å². The van der Waals surface area contributed by atoms with Crippen molar-refractivity contribution in [2.45, 2.75) is 51.5 Å². The van der Waals surface area contributed by atoms with Crippen LogP contribution in [0.2, 0.25) is 0 Å². The van der Waals surface area contributed by atoms with Gasteiger partial charge in [0, 0.05) is 6.42 Å². The van der Waals surface area contributed by atoms with Crippen LogP contribution in [-0.4, -0.2) is 0 Å². The lowest BCUT2D eigenvalue weighted by Gasteiger charge is -2.26. The largest absolute Gasteiger partial charge is 0.464 e. The highest BCUT2D eigenvalue weighted by Gasteiger charge is 2.23. The third-order valence-corrected chi connectivity index (χ3v) is 3.52. The van der Waals surface area contributed by atoms with Crippen LogP contribution in [0.3, 0.4) is 0 Å². The highest BCUT2D eigenvalue weighted by atomic mass is 35.5. The van der Waals surface area contributed by atoms with Crippen molar-refractivity contribution in [2.24, 2.45) is 11.7 Å². The van der Waals surface area contributed by atoms with E-state index in [9.17, 15) is 0 Å². The zero-order valence-electron chi connectivity index (χ0n) is 9.95. The first-order valence-corrected chi connectivity index (χ1v) is 6.15. The molecule has 2 rings (SSSR count). The number of aryl methyl sites for hydroxylation is 1. The van der Waals surface area contributed by atoms with Crippen LogP contribution in [0, 0.1) is 5.92 Å². The monoisotopic (exact) mass is 243 g/mol. The molecule has 1 aromatic heterocycles. The molecule has 92 valence electrons. The van der Waals surface area contributed by atoms with Crippen molar-refractivity contribution in [1.82, 2.24) is 0 Å². The summed E-state index contributed by atoms with van der Waals surface area (Å²) in [6, 6.07) is 4.22. The van der Waals surface area contributed by atoms with Crippen molar-refractivity contribution >= 4 is 12.4 Å². The number of hydrogen-bond donors (Lipinski definition) is 1. The molecule has 0 radical (unpaired) electrons. The van der Waals surface area contributed by atoms with E-state index in [1.807, 2.05) is 0 Å². The number of rotatable bonds is 3. The molecule has 2 N–H and O–H groups in total. The first-order chi connectivity index (χ1) is 7.31. The Bertz CT molecular complexity index is 305. The van der Waals surface area contributed by atoms with Crippen LogP contribution in [0.5, 0.6) is 0 Å². The molecule has 1 fully saturated rings. The Morgan fingerprint density at radius 3 is 2.56 bits per heavy atom. The van der Waals surface area contributed by atoms with Gasteiger partial charge in [-0.1, -0.05) is 26.2 Å². The number of furan rings is 1. The first-order valence-electron chi connectivity index (χ1n) is 6.15. The molecule has 0 spiro atoms. The lowest BCUT2D eigenvalue weighted by molar-refractivity contribution is 0.277. The minimum atomic E-state index is 0. The molecule has 0 unspecified atom stereocenters. The maximum absolute atomic E-state index is 6.24. The summed E-state index contributed by atoms with van der Waals surface area (Å²) in [5.41, 5.74) is 6.24. The highest BCUT2D eigenvalue weighted by molar-refractivity contribution is 5.85. The Kier molecular flexibility index (Phi) is 5.36.